The first kappa shape index (κ1) is 32.2. The van der Waals surface area contributed by atoms with Gasteiger partial charge in [0.2, 0.25) is 5.91 Å². The minimum Gasteiger partial charge on any atom is -0.464 e. The van der Waals surface area contributed by atoms with Crippen molar-refractivity contribution in [2.24, 2.45) is 10.7 Å². The smallest absolute Gasteiger partial charge is 0.331 e. The van der Waals surface area contributed by atoms with Crippen molar-refractivity contribution in [2.75, 3.05) is 51.6 Å². The molecular formula is C28H40ClN9O5. The van der Waals surface area contributed by atoms with E-state index in [1.165, 1.54) is 0 Å². The molecule has 1 aromatic rings. The lowest BCUT2D eigenvalue weighted by Gasteiger charge is -2.46. The van der Waals surface area contributed by atoms with Gasteiger partial charge in [-0.25, -0.2) is 14.8 Å². The van der Waals surface area contributed by atoms with Crippen LogP contribution in [0.5, 0.6) is 0 Å². The number of anilines is 1. The molecule has 1 saturated carbocycles. The predicted octanol–water partition coefficient (Wildman–Crippen LogP) is 0.0844. The maximum atomic E-state index is 13.0. The first-order chi connectivity index (χ1) is 20.5. The number of nitrogen functional groups attached to an aromatic ring is 1. The zero-order chi connectivity index (χ0) is 31.3. The zero-order valence-corrected chi connectivity index (χ0v) is 25.4. The molecule has 3 fully saturated rings. The van der Waals surface area contributed by atoms with Gasteiger partial charge in [-0.15, -0.1) is 0 Å². The Balaban J connectivity index is 1.27. The van der Waals surface area contributed by atoms with Crippen molar-refractivity contribution in [3.63, 3.8) is 0 Å². The van der Waals surface area contributed by atoms with Crippen LogP contribution in [0.15, 0.2) is 28.6 Å². The molecule has 3 amide bonds. The third kappa shape index (κ3) is 7.61. The Hall–Kier alpha value is -3.75. The van der Waals surface area contributed by atoms with Gasteiger partial charge >= 0.3 is 5.97 Å². The minimum atomic E-state index is -1.11. The standard InChI is InChI=1S/C28H40ClN9O5/c1-4-43-27(42)28(9-10-28)35-25(40)22(24(31)32-3)34-21(39)16-36-13-14-38(17(2)15-36)18-7-11-37(12-8-18)26(41)19-5-6-20(29)33-23(19)30/h5-6,17-18H,3-4,7-16,31H2,1-2H3,(H2,30,33)(H,34,39)(H,35,40)/b24-22-. The van der Waals surface area contributed by atoms with Crippen molar-refractivity contribution in [1.29, 1.82) is 0 Å². The van der Waals surface area contributed by atoms with Crippen LogP contribution < -0.4 is 22.1 Å². The lowest BCUT2D eigenvalue weighted by molar-refractivity contribution is -0.148. The molecule has 0 aromatic carbocycles. The molecule has 1 aromatic heterocycles. The number of nitrogens with one attached hydrogen (secondary N) is 2. The number of piperidine rings is 1. The Morgan fingerprint density at radius 3 is 2.47 bits per heavy atom. The van der Waals surface area contributed by atoms with Gasteiger partial charge in [0.15, 0.2) is 5.82 Å². The molecule has 2 aliphatic heterocycles. The molecule has 6 N–H and O–H groups in total. The van der Waals surface area contributed by atoms with E-state index in [0.717, 1.165) is 19.4 Å². The molecule has 234 valence electrons. The monoisotopic (exact) mass is 617 g/mol. The van der Waals surface area contributed by atoms with Crippen LogP contribution in [0.2, 0.25) is 5.15 Å². The van der Waals surface area contributed by atoms with Gasteiger partial charge in [-0.1, -0.05) is 11.6 Å². The van der Waals surface area contributed by atoms with E-state index < -0.39 is 23.3 Å². The number of ether oxygens (including phenoxy) is 1. The second kappa shape index (κ2) is 13.7. The first-order valence-electron chi connectivity index (χ1n) is 14.4. The van der Waals surface area contributed by atoms with Gasteiger partial charge in [0, 0.05) is 44.8 Å². The molecule has 0 bridgehead atoms. The van der Waals surface area contributed by atoms with Crippen LogP contribution in [0.25, 0.3) is 0 Å². The van der Waals surface area contributed by atoms with E-state index >= 15 is 0 Å². The van der Waals surface area contributed by atoms with Crippen LogP contribution in [-0.2, 0) is 19.1 Å². The summed E-state index contributed by atoms with van der Waals surface area (Å²) in [4.78, 5) is 65.0. The van der Waals surface area contributed by atoms with Crippen molar-refractivity contribution in [2.45, 2.75) is 57.2 Å². The number of nitrogens with zero attached hydrogens (tertiary/aromatic N) is 5. The molecule has 1 atom stereocenters. The number of hydrogen-bond donors (Lipinski definition) is 4. The third-order valence-electron chi connectivity index (χ3n) is 8.16. The number of pyridine rings is 1. The van der Waals surface area contributed by atoms with E-state index in [9.17, 15) is 19.2 Å². The van der Waals surface area contributed by atoms with Crippen LogP contribution in [0.4, 0.5) is 5.82 Å². The number of hydrogen-bond acceptors (Lipinski definition) is 11. The van der Waals surface area contributed by atoms with Crippen LogP contribution in [-0.4, -0.2) is 114 Å². The number of nitrogens with two attached hydrogens (primary N) is 2. The maximum absolute atomic E-state index is 13.0. The van der Waals surface area contributed by atoms with Gasteiger partial charge in [-0.3, -0.25) is 24.2 Å². The summed E-state index contributed by atoms with van der Waals surface area (Å²) in [6, 6.07) is 3.65. The summed E-state index contributed by atoms with van der Waals surface area (Å²) in [7, 11) is 0. The van der Waals surface area contributed by atoms with Crippen LogP contribution >= 0.6 is 11.6 Å². The van der Waals surface area contributed by atoms with E-state index in [1.54, 1.807) is 24.0 Å². The molecule has 2 saturated heterocycles. The van der Waals surface area contributed by atoms with Crippen molar-refractivity contribution >= 4 is 47.8 Å². The summed E-state index contributed by atoms with van der Waals surface area (Å²) in [6.07, 6.45) is 2.52. The van der Waals surface area contributed by atoms with Crippen molar-refractivity contribution in [3.05, 3.63) is 34.4 Å². The molecule has 15 heteroatoms. The number of esters is 1. The van der Waals surface area contributed by atoms with Crippen LogP contribution in [0, 0.1) is 0 Å². The molecule has 3 aliphatic rings. The zero-order valence-electron chi connectivity index (χ0n) is 24.6. The molecule has 0 radical (unpaired) electrons. The number of aromatic nitrogens is 1. The highest BCUT2D eigenvalue weighted by Gasteiger charge is 2.53. The summed E-state index contributed by atoms with van der Waals surface area (Å²) >= 11 is 5.87. The summed E-state index contributed by atoms with van der Waals surface area (Å²) in [6.45, 7) is 10.7. The van der Waals surface area contributed by atoms with Gasteiger partial charge in [0.1, 0.15) is 22.2 Å². The van der Waals surface area contributed by atoms with E-state index in [4.69, 9.17) is 27.8 Å². The topological polar surface area (TPSA) is 189 Å². The van der Waals surface area contributed by atoms with E-state index in [0.29, 0.717) is 50.6 Å². The molecule has 14 nitrogen and oxygen atoms in total. The Labute approximate surface area is 255 Å². The lowest BCUT2D eigenvalue weighted by Crippen LogP contribution is -2.59. The van der Waals surface area contributed by atoms with Crippen molar-refractivity contribution in [1.82, 2.24) is 30.3 Å². The minimum absolute atomic E-state index is 0.0475. The van der Waals surface area contributed by atoms with Gasteiger partial charge in [0.05, 0.1) is 18.7 Å². The van der Waals surface area contributed by atoms with E-state index in [1.807, 2.05) is 4.90 Å². The first-order valence-corrected chi connectivity index (χ1v) is 14.8. The normalized spacial score (nSPS) is 21.4. The Kier molecular flexibility index (Phi) is 10.2. The molecule has 0 spiro atoms. The van der Waals surface area contributed by atoms with Gasteiger partial charge < -0.3 is 31.7 Å². The summed E-state index contributed by atoms with van der Waals surface area (Å²) in [5.74, 6) is -1.94. The largest absolute Gasteiger partial charge is 0.464 e. The lowest BCUT2D eigenvalue weighted by atomic mass is 9.99. The number of carbonyl (C=O) groups is 4. The quantitative estimate of drug-likeness (QED) is 0.121. The SMILES string of the molecule is C=N/C(N)=C(\NC(=O)CN1CCN(C2CCN(C(=O)c3ccc(Cl)nc3N)CC2)C(C)C1)C(=O)NC1(C(=O)OCC)CC1. The fourth-order valence-electron chi connectivity index (χ4n) is 5.69. The average Bonchev–Trinajstić information content (AvgIpc) is 3.76. The van der Waals surface area contributed by atoms with Crippen molar-refractivity contribution < 1.29 is 23.9 Å². The second-order valence-corrected chi connectivity index (χ2v) is 11.5. The highest BCUT2D eigenvalue weighted by atomic mass is 35.5. The van der Waals surface area contributed by atoms with Gasteiger partial charge in [-0.05, 0) is 58.4 Å². The molecule has 1 aliphatic carbocycles. The Bertz CT molecular complexity index is 1290. The number of piperazine rings is 1. The van der Waals surface area contributed by atoms with Gasteiger partial charge in [0.25, 0.3) is 11.8 Å². The molecule has 3 heterocycles. The number of aliphatic imine (C=N–C) groups is 1. The van der Waals surface area contributed by atoms with E-state index in [-0.39, 0.29) is 47.6 Å². The van der Waals surface area contributed by atoms with E-state index in [2.05, 4.69) is 39.2 Å². The Morgan fingerprint density at radius 2 is 1.88 bits per heavy atom. The fourth-order valence-corrected chi connectivity index (χ4v) is 5.84. The molecule has 43 heavy (non-hydrogen) atoms. The number of amides is 3. The third-order valence-corrected chi connectivity index (χ3v) is 8.37. The number of carbonyl (C=O) groups excluding carboxylic acids is 4. The fraction of sp³-hybridized carbons (Fsp3) is 0.571. The number of halogens is 1. The summed E-state index contributed by atoms with van der Waals surface area (Å²) in [5.41, 5.74) is 10.8. The molecule has 1 unspecified atom stereocenters. The molecule has 4 rings (SSSR count). The second-order valence-electron chi connectivity index (χ2n) is 11.1. The highest BCUT2D eigenvalue weighted by Crippen LogP contribution is 2.37. The molecular weight excluding hydrogens is 578 g/mol. The van der Waals surface area contributed by atoms with Gasteiger partial charge in [-0.2, -0.15) is 0 Å². The Morgan fingerprint density at radius 1 is 1.19 bits per heavy atom. The van der Waals surface area contributed by atoms with Crippen molar-refractivity contribution in [3.8, 4) is 0 Å². The summed E-state index contributed by atoms with van der Waals surface area (Å²) < 4.78 is 5.06. The number of likely N-dealkylation sites (tertiary alicyclic amines) is 1. The maximum Gasteiger partial charge on any atom is 0.331 e. The van der Waals surface area contributed by atoms with Crippen LogP contribution in [0.1, 0.15) is 49.9 Å². The van der Waals surface area contributed by atoms with Crippen LogP contribution in [0.3, 0.4) is 0 Å². The number of rotatable bonds is 10. The average molecular weight is 618 g/mol. The summed E-state index contributed by atoms with van der Waals surface area (Å²) in [5, 5.41) is 5.45. The highest BCUT2D eigenvalue weighted by molar-refractivity contribution is 6.29. The predicted molar refractivity (Wildman–Crippen MR) is 161 cm³/mol.